The Labute approximate surface area is 356 Å². The molecule has 0 aromatic heterocycles. The lowest BCUT2D eigenvalue weighted by Gasteiger charge is -2.19. The number of nitrogens with two attached hydrogens (primary N) is 1. The highest BCUT2D eigenvalue weighted by Crippen LogP contribution is 2.43. The van der Waals surface area contributed by atoms with Crippen LogP contribution in [0.1, 0.15) is 142 Å². The summed E-state index contributed by atoms with van der Waals surface area (Å²) in [5.41, 5.74) is 5.33. The Kier molecular flexibility index (Phi) is 39.4. The minimum atomic E-state index is -4.44. The SMILES string of the molecule is CC/C=C\C[C@H](O)/C=C/C=C\C/C=C\C=C\[C@H](O)/C=C\CCCC(=O)O[C@H](COC(=O)CCCCCCCCC/C=C\C/C=C\CCCCC)COP(=O)(O)OCCN. The molecule has 12 heteroatoms. The summed E-state index contributed by atoms with van der Waals surface area (Å²) >= 11 is 0. The van der Waals surface area contributed by atoms with Gasteiger partial charge in [0.25, 0.3) is 0 Å². The van der Waals surface area contributed by atoms with Crippen LogP contribution in [0.5, 0.6) is 0 Å². The predicted molar refractivity (Wildman–Crippen MR) is 240 cm³/mol. The van der Waals surface area contributed by atoms with E-state index in [0.29, 0.717) is 32.1 Å². The molecular formula is C47H78NO10P. The van der Waals surface area contributed by atoms with Crippen LogP contribution in [0.3, 0.4) is 0 Å². The van der Waals surface area contributed by atoms with Crippen molar-refractivity contribution in [2.24, 2.45) is 5.73 Å². The molecule has 0 bridgehead atoms. The molecule has 0 aromatic rings. The second-order valence-electron chi connectivity index (χ2n) is 14.2. The molecule has 1 unspecified atom stereocenters. The Morgan fingerprint density at radius 3 is 1.92 bits per heavy atom. The third-order valence-electron chi connectivity index (χ3n) is 8.63. The Balaban J connectivity index is 4.44. The zero-order valence-electron chi connectivity index (χ0n) is 36.2. The fourth-order valence-corrected chi connectivity index (χ4v) is 6.11. The molecule has 0 rings (SSSR count). The van der Waals surface area contributed by atoms with Crippen LogP contribution in [0.25, 0.3) is 0 Å². The van der Waals surface area contributed by atoms with E-state index in [1.807, 2.05) is 42.5 Å². The number of aliphatic hydroxyl groups excluding tert-OH is 2. The van der Waals surface area contributed by atoms with Crippen molar-refractivity contribution >= 4 is 19.8 Å². The number of hydrogen-bond acceptors (Lipinski definition) is 10. The molecule has 0 amide bonds. The zero-order chi connectivity index (χ0) is 43.5. The van der Waals surface area contributed by atoms with Crippen LogP contribution in [0.4, 0.5) is 0 Å². The third-order valence-corrected chi connectivity index (χ3v) is 9.61. The van der Waals surface area contributed by atoms with Gasteiger partial charge in [-0.15, -0.1) is 0 Å². The average molecular weight is 848 g/mol. The number of esters is 2. The van der Waals surface area contributed by atoms with Gasteiger partial charge in [0, 0.05) is 19.4 Å². The van der Waals surface area contributed by atoms with Crippen LogP contribution in [0, 0.1) is 0 Å². The third kappa shape index (κ3) is 41.4. The lowest BCUT2D eigenvalue weighted by Crippen LogP contribution is -2.29. The molecule has 0 aliphatic carbocycles. The molecule has 0 saturated heterocycles. The number of allylic oxidation sites excluding steroid dienone is 12. The number of phosphoric ester groups is 1. The van der Waals surface area contributed by atoms with Crippen LogP contribution < -0.4 is 5.73 Å². The van der Waals surface area contributed by atoms with E-state index in [4.69, 9.17) is 24.3 Å². The van der Waals surface area contributed by atoms with Crippen molar-refractivity contribution < 1.29 is 47.8 Å². The molecule has 0 aliphatic rings. The van der Waals surface area contributed by atoms with Gasteiger partial charge in [-0.3, -0.25) is 18.6 Å². The maximum absolute atomic E-state index is 12.6. The number of carbonyl (C=O) groups is 2. The standard InChI is InChI=1S/C47H78NO10P/c1-3-5-7-8-9-10-11-12-13-14-15-16-17-18-22-25-31-37-46(51)55-41-45(42-57-59(53,54)56-40-39-48)58-47(52)38-32-26-30-36-44(50)35-29-24-21-19-20-23-28-34-43(49)33-27-6-4-2/h6,9-10,12-13,20-21,23-24,27-30,34-36,43-45,49-50H,3-5,7-8,11,14-19,22,25-26,31-33,37-42,48H2,1-2H3,(H,53,54)/b10-9-,13-12-,23-20-,24-21-,27-6-,34-28+,35-29+,36-30-/t43-,44-,45+/m0/s1. The predicted octanol–water partition coefficient (Wildman–Crippen LogP) is 10.5. The van der Waals surface area contributed by atoms with Crippen LogP contribution in [0.2, 0.25) is 0 Å². The summed E-state index contributed by atoms with van der Waals surface area (Å²) in [7, 11) is -4.44. The normalized spacial score (nSPS) is 15.3. The lowest BCUT2D eigenvalue weighted by atomic mass is 10.1. The molecule has 0 saturated carbocycles. The van der Waals surface area contributed by atoms with E-state index in [1.165, 1.54) is 44.9 Å². The van der Waals surface area contributed by atoms with Gasteiger partial charge in [0.05, 0.1) is 25.4 Å². The van der Waals surface area contributed by atoms with Gasteiger partial charge in [-0.05, 0) is 70.6 Å². The summed E-state index contributed by atoms with van der Waals surface area (Å²) in [4.78, 5) is 34.9. The lowest BCUT2D eigenvalue weighted by molar-refractivity contribution is -0.161. The highest BCUT2D eigenvalue weighted by atomic mass is 31.2. The largest absolute Gasteiger partial charge is 0.472 e. The number of rotatable bonds is 39. The van der Waals surface area contributed by atoms with Crippen LogP contribution in [0.15, 0.2) is 97.2 Å². The van der Waals surface area contributed by atoms with Crippen LogP contribution in [-0.4, -0.2) is 71.7 Å². The second-order valence-corrected chi connectivity index (χ2v) is 15.7. The Morgan fingerprint density at radius 2 is 1.24 bits per heavy atom. The van der Waals surface area contributed by atoms with Crippen LogP contribution in [-0.2, 0) is 32.7 Å². The first-order valence-corrected chi connectivity index (χ1v) is 23.4. The van der Waals surface area contributed by atoms with Gasteiger partial charge in [-0.2, -0.15) is 0 Å². The molecular weight excluding hydrogens is 769 g/mol. The summed E-state index contributed by atoms with van der Waals surface area (Å²) in [5, 5.41) is 20.0. The highest BCUT2D eigenvalue weighted by Gasteiger charge is 2.26. The monoisotopic (exact) mass is 848 g/mol. The van der Waals surface area contributed by atoms with Gasteiger partial charge >= 0.3 is 19.8 Å². The van der Waals surface area contributed by atoms with E-state index in [2.05, 4.69) is 38.2 Å². The van der Waals surface area contributed by atoms with Gasteiger partial charge in [-0.1, -0.05) is 156 Å². The van der Waals surface area contributed by atoms with Gasteiger partial charge in [0.1, 0.15) is 6.61 Å². The van der Waals surface area contributed by atoms with E-state index < -0.39 is 44.7 Å². The fourth-order valence-electron chi connectivity index (χ4n) is 5.34. The van der Waals surface area contributed by atoms with Crippen molar-refractivity contribution in [2.45, 2.75) is 161 Å². The first-order chi connectivity index (χ1) is 28.6. The summed E-state index contributed by atoms with van der Waals surface area (Å²) < 4.78 is 32.6. The topological polar surface area (TPSA) is 175 Å². The second kappa shape index (κ2) is 41.6. The molecule has 0 aliphatic heterocycles. The van der Waals surface area contributed by atoms with Gasteiger partial charge in [0.2, 0.25) is 0 Å². The summed E-state index contributed by atoms with van der Waals surface area (Å²) in [6.45, 7) is 3.26. The number of aliphatic hydroxyl groups is 2. The van der Waals surface area contributed by atoms with Crippen molar-refractivity contribution in [2.75, 3.05) is 26.4 Å². The minimum absolute atomic E-state index is 0.0135. The van der Waals surface area contributed by atoms with E-state index in [9.17, 15) is 29.3 Å². The Hall–Kier alpha value is -3.15. The molecule has 0 radical (unpaired) electrons. The number of unbranched alkanes of at least 4 members (excludes halogenated alkanes) is 11. The average Bonchev–Trinajstić information content (AvgIpc) is 3.21. The molecule has 0 fully saturated rings. The highest BCUT2D eigenvalue weighted by molar-refractivity contribution is 7.47. The number of phosphoric acid groups is 1. The van der Waals surface area contributed by atoms with Crippen molar-refractivity contribution in [3.05, 3.63) is 97.2 Å². The van der Waals surface area contributed by atoms with E-state index in [1.54, 1.807) is 30.4 Å². The molecule has 0 aromatic carbocycles. The molecule has 5 N–H and O–H groups in total. The molecule has 11 nitrogen and oxygen atoms in total. The Morgan fingerprint density at radius 1 is 0.627 bits per heavy atom. The van der Waals surface area contributed by atoms with Crippen molar-refractivity contribution in [3.63, 3.8) is 0 Å². The van der Waals surface area contributed by atoms with Crippen molar-refractivity contribution in [3.8, 4) is 0 Å². The zero-order valence-corrected chi connectivity index (χ0v) is 37.1. The van der Waals surface area contributed by atoms with E-state index in [0.717, 1.165) is 38.5 Å². The number of hydrogen-bond donors (Lipinski definition) is 4. The number of ether oxygens (including phenoxy) is 2. The maximum Gasteiger partial charge on any atom is 0.472 e. The summed E-state index contributed by atoms with van der Waals surface area (Å²) in [5.74, 6) is -1.03. The number of carbonyl (C=O) groups excluding carboxylic acids is 2. The first kappa shape index (κ1) is 55.9. The molecule has 336 valence electrons. The van der Waals surface area contributed by atoms with Gasteiger partial charge < -0.3 is 30.3 Å². The smallest absolute Gasteiger partial charge is 0.462 e. The molecule has 0 heterocycles. The molecule has 4 atom stereocenters. The maximum atomic E-state index is 12.6. The first-order valence-electron chi connectivity index (χ1n) is 21.9. The van der Waals surface area contributed by atoms with Crippen molar-refractivity contribution in [1.29, 1.82) is 0 Å². The molecule has 59 heavy (non-hydrogen) atoms. The van der Waals surface area contributed by atoms with Gasteiger partial charge in [0.15, 0.2) is 6.10 Å². The van der Waals surface area contributed by atoms with E-state index in [-0.39, 0.29) is 32.6 Å². The quantitative estimate of drug-likeness (QED) is 0.0152. The molecule has 0 spiro atoms. The fraction of sp³-hybridized carbons (Fsp3) is 0.617. The summed E-state index contributed by atoms with van der Waals surface area (Å²) in [6, 6.07) is 0. The minimum Gasteiger partial charge on any atom is -0.462 e. The van der Waals surface area contributed by atoms with Crippen LogP contribution >= 0.6 is 7.82 Å². The Bertz CT molecular complexity index is 1320. The van der Waals surface area contributed by atoms with Gasteiger partial charge in [-0.25, -0.2) is 4.57 Å². The summed E-state index contributed by atoms with van der Waals surface area (Å²) in [6.07, 6.45) is 46.5. The van der Waals surface area contributed by atoms with E-state index >= 15 is 0 Å². The van der Waals surface area contributed by atoms with Crippen molar-refractivity contribution in [1.82, 2.24) is 0 Å².